The van der Waals surface area contributed by atoms with Crippen molar-refractivity contribution in [3.05, 3.63) is 29.3 Å². The van der Waals surface area contributed by atoms with Gasteiger partial charge in [-0.2, -0.15) is 4.68 Å². The van der Waals surface area contributed by atoms with Crippen molar-refractivity contribution in [1.82, 2.24) is 25.1 Å². The molecule has 21 heavy (non-hydrogen) atoms. The van der Waals surface area contributed by atoms with Gasteiger partial charge in [0.05, 0.1) is 10.9 Å². The summed E-state index contributed by atoms with van der Waals surface area (Å²) >= 11 is 1.36. The Morgan fingerprint density at radius 1 is 1.29 bits per heavy atom. The first-order chi connectivity index (χ1) is 9.91. The quantitative estimate of drug-likeness (QED) is 0.807. The maximum absolute atomic E-state index is 12.0. The molecule has 0 bridgehead atoms. The van der Waals surface area contributed by atoms with Crippen molar-refractivity contribution in [2.24, 2.45) is 0 Å². The van der Waals surface area contributed by atoms with Crippen LogP contribution in [-0.4, -0.2) is 50.4 Å². The van der Waals surface area contributed by atoms with Crippen LogP contribution >= 0.6 is 11.8 Å². The SMILES string of the molecule is Cc1cccc(C)c1-n1nnnc1S[C@H](C)C(=O)N(C)C. The smallest absolute Gasteiger partial charge is 0.235 e. The third-order valence-electron chi connectivity index (χ3n) is 3.16. The normalized spacial score (nSPS) is 12.2. The maximum Gasteiger partial charge on any atom is 0.235 e. The number of thioether (sulfide) groups is 1. The molecule has 1 amide bonds. The minimum Gasteiger partial charge on any atom is -0.348 e. The zero-order valence-corrected chi connectivity index (χ0v) is 13.7. The molecular formula is C14H19N5OS. The number of aryl methyl sites for hydroxylation is 2. The fraction of sp³-hybridized carbons (Fsp3) is 0.429. The highest BCUT2D eigenvalue weighted by atomic mass is 32.2. The van der Waals surface area contributed by atoms with Gasteiger partial charge < -0.3 is 4.90 Å². The number of tetrazole rings is 1. The van der Waals surface area contributed by atoms with Crippen molar-refractivity contribution in [1.29, 1.82) is 0 Å². The van der Waals surface area contributed by atoms with Crippen LogP contribution in [0.3, 0.4) is 0 Å². The summed E-state index contributed by atoms with van der Waals surface area (Å²) in [5.41, 5.74) is 3.15. The Morgan fingerprint density at radius 2 is 1.90 bits per heavy atom. The number of benzene rings is 1. The summed E-state index contributed by atoms with van der Waals surface area (Å²) in [4.78, 5) is 13.6. The van der Waals surface area contributed by atoms with Gasteiger partial charge in [0.25, 0.3) is 0 Å². The van der Waals surface area contributed by atoms with E-state index in [1.807, 2.05) is 39.0 Å². The summed E-state index contributed by atoms with van der Waals surface area (Å²) in [5.74, 6) is 0.0380. The topological polar surface area (TPSA) is 63.9 Å². The number of aromatic nitrogens is 4. The Balaban J connectivity index is 2.34. The maximum atomic E-state index is 12.0. The molecule has 0 aliphatic heterocycles. The molecule has 0 fully saturated rings. The summed E-state index contributed by atoms with van der Waals surface area (Å²) in [6, 6.07) is 6.04. The Labute approximate surface area is 128 Å². The molecule has 2 aromatic rings. The van der Waals surface area contributed by atoms with Crippen LogP contribution < -0.4 is 0 Å². The van der Waals surface area contributed by atoms with E-state index >= 15 is 0 Å². The zero-order valence-electron chi connectivity index (χ0n) is 12.9. The minimum absolute atomic E-state index is 0.0380. The lowest BCUT2D eigenvalue weighted by molar-refractivity contribution is -0.127. The number of carbonyl (C=O) groups is 1. The number of para-hydroxylation sites is 1. The molecule has 6 nitrogen and oxygen atoms in total. The molecule has 1 aromatic carbocycles. The first kappa shape index (κ1) is 15.5. The van der Waals surface area contributed by atoms with Crippen LogP contribution in [0, 0.1) is 13.8 Å². The molecule has 1 aromatic heterocycles. The number of amides is 1. The monoisotopic (exact) mass is 305 g/mol. The molecule has 7 heteroatoms. The molecule has 0 N–H and O–H groups in total. The van der Waals surface area contributed by atoms with Gasteiger partial charge in [-0.05, 0) is 42.3 Å². The van der Waals surface area contributed by atoms with E-state index in [1.165, 1.54) is 11.8 Å². The highest BCUT2D eigenvalue weighted by molar-refractivity contribution is 8.00. The molecule has 2 rings (SSSR count). The highest BCUT2D eigenvalue weighted by Crippen LogP contribution is 2.26. The van der Waals surface area contributed by atoms with Gasteiger partial charge in [-0.1, -0.05) is 30.0 Å². The average Bonchev–Trinajstić information content (AvgIpc) is 2.85. The molecule has 0 saturated carbocycles. The van der Waals surface area contributed by atoms with Crippen LogP contribution in [0.4, 0.5) is 0 Å². The summed E-state index contributed by atoms with van der Waals surface area (Å²) in [7, 11) is 3.49. The van der Waals surface area contributed by atoms with Crippen molar-refractivity contribution >= 4 is 17.7 Å². The predicted octanol–water partition coefficient (Wildman–Crippen LogP) is 1.85. The Hall–Kier alpha value is -1.89. The molecule has 0 spiro atoms. The van der Waals surface area contributed by atoms with Gasteiger partial charge in [0.2, 0.25) is 11.1 Å². The van der Waals surface area contributed by atoms with Gasteiger partial charge in [-0.25, -0.2) is 0 Å². The number of nitrogens with zero attached hydrogens (tertiary/aromatic N) is 5. The standard InChI is InChI=1S/C14H19N5OS/c1-9-7-6-8-10(2)12(9)19-14(15-16-17-19)21-11(3)13(20)18(4)5/h6-8,11H,1-5H3/t11-/m1/s1. The fourth-order valence-corrected chi connectivity index (χ4v) is 3.04. The number of rotatable bonds is 4. The van der Waals surface area contributed by atoms with Gasteiger partial charge in [0.1, 0.15) is 0 Å². The second kappa shape index (κ2) is 6.26. The van der Waals surface area contributed by atoms with Crippen LogP contribution in [0.5, 0.6) is 0 Å². The van der Waals surface area contributed by atoms with E-state index in [0.29, 0.717) is 5.16 Å². The number of hydrogen-bond donors (Lipinski definition) is 0. The first-order valence-electron chi connectivity index (χ1n) is 6.64. The second-order valence-electron chi connectivity index (χ2n) is 5.11. The Bertz CT molecular complexity index is 632. The van der Waals surface area contributed by atoms with Gasteiger partial charge in [-0.15, -0.1) is 5.10 Å². The lowest BCUT2D eigenvalue weighted by Crippen LogP contribution is -2.29. The fourth-order valence-electron chi connectivity index (χ4n) is 2.10. The summed E-state index contributed by atoms with van der Waals surface area (Å²) in [6.07, 6.45) is 0. The van der Waals surface area contributed by atoms with Crippen LogP contribution in [0.25, 0.3) is 5.69 Å². The van der Waals surface area contributed by atoms with Crippen molar-refractivity contribution in [2.75, 3.05) is 14.1 Å². The van der Waals surface area contributed by atoms with Gasteiger partial charge in [0.15, 0.2) is 0 Å². The van der Waals surface area contributed by atoms with Crippen molar-refractivity contribution < 1.29 is 4.79 Å². The van der Waals surface area contributed by atoms with Crippen molar-refractivity contribution in [3.8, 4) is 5.69 Å². The molecule has 0 aliphatic rings. The molecule has 1 atom stereocenters. The minimum atomic E-state index is -0.242. The average molecular weight is 305 g/mol. The molecule has 0 aliphatic carbocycles. The largest absolute Gasteiger partial charge is 0.348 e. The van der Waals surface area contributed by atoms with Crippen molar-refractivity contribution in [2.45, 2.75) is 31.2 Å². The molecule has 1 heterocycles. The van der Waals surface area contributed by atoms with E-state index in [2.05, 4.69) is 15.5 Å². The molecule has 112 valence electrons. The van der Waals surface area contributed by atoms with Gasteiger partial charge in [0, 0.05) is 14.1 Å². The number of hydrogen-bond acceptors (Lipinski definition) is 5. The van der Waals surface area contributed by atoms with Crippen molar-refractivity contribution in [3.63, 3.8) is 0 Å². The molecule has 0 radical (unpaired) electrons. The van der Waals surface area contributed by atoms with Gasteiger partial charge >= 0.3 is 0 Å². The van der Waals surface area contributed by atoms with Gasteiger partial charge in [-0.3, -0.25) is 4.79 Å². The summed E-state index contributed by atoms with van der Waals surface area (Å²) < 4.78 is 1.70. The molecule has 0 unspecified atom stereocenters. The Kier molecular flexibility index (Phi) is 4.62. The van der Waals surface area contributed by atoms with E-state index in [0.717, 1.165) is 16.8 Å². The van der Waals surface area contributed by atoms with Crippen LogP contribution in [-0.2, 0) is 4.79 Å². The lowest BCUT2D eigenvalue weighted by atomic mass is 10.1. The van der Waals surface area contributed by atoms with Crippen LogP contribution in [0.1, 0.15) is 18.1 Å². The van der Waals surface area contributed by atoms with Crippen LogP contribution in [0.15, 0.2) is 23.4 Å². The summed E-state index contributed by atoms with van der Waals surface area (Å²) in [6.45, 7) is 5.90. The second-order valence-corrected chi connectivity index (χ2v) is 6.41. The zero-order chi connectivity index (χ0) is 15.6. The third kappa shape index (κ3) is 3.24. The predicted molar refractivity (Wildman–Crippen MR) is 82.6 cm³/mol. The van der Waals surface area contributed by atoms with E-state index in [1.54, 1.807) is 23.7 Å². The molecule has 0 saturated heterocycles. The number of carbonyl (C=O) groups excluding carboxylic acids is 1. The Morgan fingerprint density at radius 3 is 2.48 bits per heavy atom. The third-order valence-corrected chi connectivity index (χ3v) is 4.18. The lowest BCUT2D eigenvalue weighted by Gasteiger charge is -2.16. The summed E-state index contributed by atoms with van der Waals surface area (Å²) in [5, 5.41) is 12.3. The van der Waals surface area contributed by atoms with E-state index in [4.69, 9.17) is 0 Å². The first-order valence-corrected chi connectivity index (χ1v) is 7.52. The van der Waals surface area contributed by atoms with E-state index in [9.17, 15) is 4.79 Å². The highest BCUT2D eigenvalue weighted by Gasteiger charge is 2.21. The van der Waals surface area contributed by atoms with E-state index < -0.39 is 0 Å². The van der Waals surface area contributed by atoms with E-state index in [-0.39, 0.29) is 11.2 Å². The molecular weight excluding hydrogens is 286 g/mol. The van der Waals surface area contributed by atoms with Crippen LogP contribution in [0.2, 0.25) is 0 Å².